The van der Waals surface area contributed by atoms with Gasteiger partial charge in [0, 0.05) is 6.04 Å². The van der Waals surface area contributed by atoms with Gasteiger partial charge in [-0.1, -0.05) is 0 Å². The van der Waals surface area contributed by atoms with Crippen LogP contribution in [0.4, 0.5) is 13.2 Å². The molecule has 1 aliphatic rings. The topological polar surface area (TPSA) is 84.2 Å². The quantitative estimate of drug-likeness (QED) is 0.693. The monoisotopic (exact) mass is 281 g/mol. The molecule has 2 amide bonds. The molecule has 0 radical (unpaired) electrons. The van der Waals surface area contributed by atoms with Crippen LogP contribution in [0.1, 0.15) is 25.7 Å². The van der Waals surface area contributed by atoms with Crippen LogP contribution >= 0.6 is 0 Å². The second kappa shape index (κ2) is 6.74. The van der Waals surface area contributed by atoms with E-state index in [1.165, 1.54) is 0 Å². The second-order valence-electron chi connectivity index (χ2n) is 4.64. The highest BCUT2D eigenvalue weighted by Crippen LogP contribution is 2.37. The average molecular weight is 281 g/mol. The van der Waals surface area contributed by atoms with Crippen LogP contribution < -0.4 is 16.4 Å². The summed E-state index contributed by atoms with van der Waals surface area (Å²) in [6.07, 6.45) is -3.47. The van der Waals surface area contributed by atoms with E-state index < -0.39 is 23.9 Å². The van der Waals surface area contributed by atoms with Crippen molar-refractivity contribution in [2.45, 2.75) is 37.9 Å². The van der Waals surface area contributed by atoms with Crippen molar-refractivity contribution in [1.82, 2.24) is 10.6 Å². The lowest BCUT2D eigenvalue weighted by atomic mass is 9.85. The van der Waals surface area contributed by atoms with E-state index >= 15 is 0 Å². The molecule has 0 saturated heterocycles. The summed E-state index contributed by atoms with van der Waals surface area (Å²) in [5.74, 6) is -2.12. The molecule has 0 aromatic heterocycles. The van der Waals surface area contributed by atoms with E-state index in [2.05, 4.69) is 10.6 Å². The Labute approximate surface area is 109 Å². The van der Waals surface area contributed by atoms with E-state index in [1.54, 1.807) is 0 Å². The van der Waals surface area contributed by atoms with Crippen LogP contribution in [-0.4, -0.2) is 37.1 Å². The van der Waals surface area contributed by atoms with E-state index in [1.807, 2.05) is 0 Å². The third kappa shape index (κ3) is 5.46. The zero-order chi connectivity index (χ0) is 14.5. The van der Waals surface area contributed by atoms with Crippen LogP contribution in [0.5, 0.6) is 0 Å². The second-order valence-corrected chi connectivity index (χ2v) is 4.64. The first-order valence-electron chi connectivity index (χ1n) is 6.15. The van der Waals surface area contributed by atoms with Gasteiger partial charge >= 0.3 is 6.18 Å². The maximum absolute atomic E-state index is 12.4. The van der Waals surface area contributed by atoms with Gasteiger partial charge in [-0.25, -0.2) is 0 Å². The van der Waals surface area contributed by atoms with Crippen LogP contribution in [0.2, 0.25) is 0 Å². The Morgan fingerprint density at radius 2 is 1.68 bits per heavy atom. The fourth-order valence-electron chi connectivity index (χ4n) is 2.09. The molecule has 1 fully saturated rings. The Kier molecular flexibility index (Phi) is 5.59. The largest absolute Gasteiger partial charge is 0.391 e. The molecule has 1 aliphatic carbocycles. The third-order valence-electron chi connectivity index (χ3n) is 3.19. The van der Waals surface area contributed by atoms with E-state index in [-0.39, 0.29) is 32.0 Å². The molecular weight excluding hydrogens is 263 g/mol. The van der Waals surface area contributed by atoms with Gasteiger partial charge in [0.2, 0.25) is 11.8 Å². The summed E-state index contributed by atoms with van der Waals surface area (Å²) >= 11 is 0. The lowest BCUT2D eigenvalue weighted by Gasteiger charge is -2.30. The Balaban J connectivity index is 2.25. The number of rotatable bonds is 4. The minimum Gasteiger partial charge on any atom is -0.352 e. The van der Waals surface area contributed by atoms with Gasteiger partial charge in [0.15, 0.2) is 0 Å². The maximum Gasteiger partial charge on any atom is 0.391 e. The van der Waals surface area contributed by atoms with Gasteiger partial charge < -0.3 is 16.4 Å². The van der Waals surface area contributed by atoms with E-state index in [9.17, 15) is 22.8 Å². The first kappa shape index (κ1) is 15.7. The highest BCUT2D eigenvalue weighted by Gasteiger charge is 2.41. The maximum atomic E-state index is 12.4. The summed E-state index contributed by atoms with van der Waals surface area (Å²) in [5.41, 5.74) is 5.05. The summed E-state index contributed by atoms with van der Waals surface area (Å²) in [7, 11) is 0. The number of carbonyl (C=O) groups is 2. The van der Waals surface area contributed by atoms with Crippen LogP contribution in [0.25, 0.3) is 0 Å². The van der Waals surface area contributed by atoms with Gasteiger partial charge in [-0.15, -0.1) is 0 Å². The number of hydrogen-bond acceptors (Lipinski definition) is 3. The van der Waals surface area contributed by atoms with E-state index in [0.29, 0.717) is 12.8 Å². The molecule has 0 spiro atoms. The van der Waals surface area contributed by atoms with Crippen LogP contribution in [0.15, 0.2) is 0 Å². The van der Waals surface area contributed by atoms with Crippen molar-refractivity contribution < 1.29 is 22.8 Å². The van der Waals surface area contributed by atoms with Crippen molar-refractivity contribution in [1.29, 1.82) is 0 Å². The average Bonchev–Trinajstić information content (AvgIpc) is 2.35. The summed E-state index contributed by atoms with van der Waals surface area (Å²) in [5, 5.41) is 4.91. The van der Waals surface area contributed by atoms with Crippen molar-refractivity contribution in [3.8, 4) is 0 Å². The zero-order valence-electron chi connectivity index (χ0n) is 10.4. The molecule has 19 heavy (non-hydrogen) atoms. The van der Waals surface area contributed by atoms with Crippen LogP contribution in [-0.2, 0) is 9.59 Å². The smallest absolute Gasteiger partial charge is 0.352 e. The van der Waals surface area contributed by atoms with Gasteiger partial charge in [-0.3, -0.25) is 9.59 Å². The molecule has 0 aliphatic heterocycles. The van der Waals surface area contributed by atoms with Gasteiger partial charge in [0.25, 0.3) is 0 Å². The van der Waals surface area contributed by atoms with Crippen molar-refractivity contribution in [3.63, 3.8) is 0 Å². The Morgan fingerprint density at radius 3 is 2.16 bits per heavy atom. The minimum absolute atomic E-state index is 0.0314. The van der Waals surface area contributed by atoms with Gasteiger partial charge in [0.1, 0.15) is 0 Å². The molecule has 4 N–H and O–H groups in total. The summed E-state index contributed by atoms with van der Waals surface area (Å²) in [4.78, 5) is 22.2. The summed E-state index contributed by atoms with van der Waals surface area (Å²) in [6.45, 7) is -0.404. The minimum atomic E-state index is -4.15. The lowest BCUT2D eigenvalue weighted by molar-refractivity contribution is -0.182. The fourth-order valence-corrected chi connectivity index (χ4v) is 2.09. The van der Waals surface area contributed by atoms with E-state index in [4.69, 9.17) is 5.73 Å². The molecule has 1 saturated carbocycles. The summed E-state index contributed by atoms with van der Waals surface area (Å²) < 4.78 is 37.3. The highest BCUT2D eigenvalue weighted by molar-refractivity contribution is 5.85. The van der Waals surface area contributed by atoms with Crippen molar-refractivity contribution in [2.75, 3.05) is 13.1 Å². The molecule has 0 bridgehead atoms. The molecule has 5 nitrogen and oxygen atoms in total. The number of amides is 2. The molecule has 1 rings (SSSR count). The number of nitrogens with one attached hydrogen (secondary N) is 2. The lowest BCUT2D eigenvalue weighted by Crippen LogP contribution is -2.45. The van der Waals surface area contributed by atoms with Crippen molar-refractivity contribution >= 4 is 11.8 Å². The number of carbonyl (C=O) groups excluding carboxylic acids is 2. The van der Waals surface area contributed by atoms with Crippen LogP contribution in [0.3, 0.4) is 0 Å². The predicted octanol–water partition coefficient (Wildman–Crippen LogP) is 0.299. The Morgan fingerprint density at radius 1 is 1.11 bits per heavy atom. The van der Waals surface area contributed by atoms with Gasteiger partial charge in [-0.05, 0) is 25.7 Å². The number of nitrogens with two attached hydrogens (primary N) is 1. The molecule has 0 atom stereocenters. The standard InChI is InChI=1S/C11H18F3N3O2/c12-11(13,14)7-1-3-8(4-2-7)17-10(19)6-16-9(18)5-15/h7-8H,1-6,15H2,(H,16,18)(H,17,19). The SMILES string of the molecule is NCC(=O)NCC(=O)NC1CCC(C(F)(F)F)CC1. The third-order valence-corrected chi connectivity index (χ3v) is 3.19. The molecule has 0 heterocycles. The first-order valence-corrected chi connectivity index (χ1v) is 6.15. The molecule has 0 aromatic carbocycles. The predicted molar refractivity (Wildman–Crippen MR) is 62.0 cm³/mol. The normalized spacial score (nSPS) is 23.8. The highest BCUT2D eigenvalue weighted by atomic mass is 19.4. The number of halogens is 3. The molecular formula is C11H18F3N3O2. The van der Waals surface area contributed by atoms with Gasteiger partial charge in [0.05, 0.1) is 19.0 Å². The summed E-state index contributed by atoms with van der Waals surface area (Å²) in [6, 6.07) is -0.249. The van der Waals surface area contributed by atoms with E-state index in [0.717, 1.165) is 0 Å². The Bertz CT molecular complexity index is 326. The first-order chi connectivity index (χ1) is 8.82. The van der Waals surface area contributed by atoms with Crippen molar-refractivity contribution in [2.24, 2.45) is 11.7 Å². The molecule has 8 heteroatoms. The van der Waals surface area contributed by atoms with Crippen molar-refractivity contribution in [3.05, 3.63) is 0 Å². The molecule has 110 valence electrons. The molecule has 0 unspecified atom stereocenters. The number of hydrogen-bond donors (Lipinski definition) is 3. The Hall–Kier alpha value is -1.31. The number of alkyl halides is 3. The fraction of sp³-hybridized carbons (Fsp3) is 0.818. The molecule has 0 aromatic rings. The van der Waals surface area contributed by atoms with Crippen LogP contribution in [0, 0.1) is 5.92 Å². The zero-order valence-corrected chi connectivity index (χ0v) is 10.4. The van der Waals surface area contributed by atoms with Gasteiger partial charge in [-0.2, -0.15) is 13.2 Å².